The van der Waals surface area contributed by atoms with Gasteiger partial charge in [0.2, 0.25) is 0 Å². The van der Waals surface area contributed by atoms with Gasteiger partial charge in [0.15, 0.2) is 6.29 Å². The van der Waals surface area contributed by atoms with Crippen molar-refractivity contribution >= 4 is 6.29 Å². The Morgan fingerprint density at radius 1 is 1.24 bits per heavy atom. The molecule has 1 heterocycles. The molecule has 2 aromatic rings. The third kappa shape index (κ3) is 2.06. The van der Waals surface area contributed by atoms with Crippen molar-refractivity contribution in [2.45, 2.75) is 13.8 Å². The van der Waals surface area contributed by atoms with Gasteiger partial charge in [0.1, 0.15) is 5.75 Å². The van der Waals surface area contributed by atoms with Crippen molar-refractivity contribution in [1.82, 2.24) is 10.2 Å². The minimum Gasteiger partial charge on any atom is -0.496 e. The Bertz CT molecular complexity index is 559. The number of ether oxygens (including phenoxy) is 1. The summed E-state index contributed by atoms with van der Waals surface area (Å²) < 4.78 is 5.34. The van der Waals surface area contributed by atoms with Crippen molar-refractivity contribution in [3.8, 4) is 17.0 Å². The molecule has 0 aliphatic carbocycles. The average Bonchev–Trinajstić information content (AvgIpc) is 2.80. The Hall–Kier alpha value is -2.10. The first-order valence-electron chi connectivity index (χ1n) is 5.32. The first-order valence-corrected chi connectivity index (χ1v) is 5.32. The van der Waals surface area contributed by atoms with Crippen LogP contribution in [0.4, 0.5) is 0 Å². The van der Waals surface area contributed by atoms with Gasteiger partial charge in [0.25, 0.3) is 0 Å². The molecule has 2 rings (SSSR count). The first-order chi connectivity index (χ1) is 8.15. The van der Waals surface area contributed by atoms with Crippen molar-refractivity contribution in [2.24, 2.45) is 0 Å². The Morgan fingerprint density at radius 2 is 1.94 bits per heavy atom. The summed E-state index contributed by atoms with van der Waals surface area (Å²) in [6.07, 6.45) is 0.740. The predicted molar refractivity (Wildman–Crippen MR) is 65.4 cm³/mol. The fraction of sp³-hybridized carbons (Fsp3) is 0.231. The van der Waals surface area contributed by atoms with E-state index in [0.717, 1.165) is 28.7 Å². The lowest BCUT2D eigenvalue weighted by Crippen LogP contribution is -1.91. The maximum absolute atomic E-state index is 10.6. The van der Waals surface area contributed by atoms with E-state index in [-0.39, 0.29) is 0 Å². The molecule has 0 spiro atoms. The number of rotatable bonds is 3. The lowest BCUT2D eigenvalue weighted by molar-refractivity contribution is 0.111. The Balaban J connectivity index is 2.57. The van der Waals surface area contributed by atoms with Crippen molar-refractivity contribution in [1.29, 1.82) is 0 Å². The summed E-state index contributed by atoms with van der Waals surface area (Å²) in [5, 5.41) is 6.77. The van der Waals surface area contributed by atoms with Gasteiger partial charge < -0.3 is 4.74 Å². The molecule has 1 aromatic heterocycles. The number of carbonyl (C=O) groups is 1. The molecule has 0 atom stereocenters. The van der Waals surface area contributed by atoms with E-state index in [2.05, 4.69) is 10.2 Å². The van der Waals surface area contributed by atoms with Crippen molar-refractivity contribution < 1.29 is 9.53 Å². The minimum absolute atomic E-state index is 0.459. The third-order valence-corrected chi connectivity index (χ3v) is 2.82. The van der Waals surface area contributed by atoms with Crippen LogP contribution in [0.5, 0.6) is 5.75 Å². The van der Waals surface area contributed by atoms with E-state index < -0.39 is 0 Å². The van der Waals surface area contributed by atoms with Gasteiger partial charge in [0, 0.05) is 5.56 Å². The number of nitrogens with one attached hydrogen (secondary N) is 1. The van der Waals surface area contributed by atoms with Crippen LogP contribution in [0.15, 0.2) is 18.2 Å². The monoisotopic (exact) mass is 230 g/mol. The molecule has 0 saturated carbocycles. The molecule has 0 saturated heterocycles. The molecule has 88 valence electrons. The highest BCUT2D eigenvalue weighted by Crippen LogP contribution is 2.31. The number of aldehydes is 1. The van der Waals surface area contributed by atoms with E-state index in [1.54, 1.807) is 13.2 Å². The van der Waals surface area contributed by atoms with Crippen LogP contribution in [0.1, 0.15) is 21.6 Å². The van der Waals surface area contributed by atoms with Gasteiger partial charge in [-0.3, -0.25) is 9.89 Å². The zero-order chi connectivity index (χ0) is 12.4. The lowest BCUT2D eigenvalue weighted by Gasteiger charge is -2.09. The summed E-state index contributed by atoms with van der Waals surface area (Å²) in [6.45, 7) is 4.06. The van der Waals surface area contributed by atoms with Gasteiger partial charge in [-0.05, 0) is 43.2 Å². The summed E-state index contributed by atoms with van der Waals surface area (Å²) in [6, 6.07) is 5.69. The highest BCUT2D eigenvalue weighted by Gasteiger charge is 2.11. The summed E-state index contributed by atoms with van der Waals surface area (Å²) >= 11 is 0. The average molecular weight is 230 g/mol. The quantitative estimate of drug-likeness (QED) is 0.824. The van der Waals surface area contributed by atoms with Crippen LogP contribution in [0.3, 0.4) is 0 Å². The van der Waals surface area contributed by atoms with E-state index in [4.69, 9.17) is 4.74 Å². The maximum Gasteiger partial charge on any atom is 0.167 e. The number of aromatic amines is 1. The third-order valence-electron chi connectivity index (χ3n) is 2.82. The van der Waals surface area contributed by atoms with Crippen molar-refractivity contribution in [3.05, 3.63) is 35.0 Å². The second kappa shape index (κ2) is 4.41. The number of aromatic nitrogens is 2. The molecule has 0 aliphatic rings. The molecule has 4 nitrogen and oxygen atoms in total. The highest BCUT2D eigenvalue weighted by atomic mass is 16.5. The molecule has 4 heteroatoms. The molecular weight excluding hydrogens is 216 g/mol. The van der Waals surface area contributed by atoms with Crippen LogP contribution < -0.4 is 4.74 Å². The SMILES string of the molecule is COc1cc(C)c(C)cc1-c1cc(C=O)[nH]n1. The van der Waals surface area contributed by atoms with Crippen molar-refractivity contribution in [2.75, 3.05) is 7.11 Å². The highest BCUT2D eigenvalue weighted by molar-refractivity contribution is 5.77. The van der Waals surface area contributed by atoms with Crippen LogP contribution >= 0.6 is 0 Å². The minimum atomic E-state index is 0.459. The fourth-order valence-corrected chi connectivity index (χ4v) is 1.69. The molecule has 17 heavy (non-hydrogen) atoms. The molecule has 0 aliphatic heterocycles. The Labute approximate surface area is 99.6 Å². The standard InChI is InChI=1S/C13H14N2O2/c1-8-4-11(13(17-3)5-9(8)2)12-6-10(7-16)14-15-12/h4-7H,1-3H3,(H,14,15). The Morgan fingerprint density at radius 3 is 2.53 bits per heavy atom. The van der Waals surface area contributed by atoms with Gasteiger partial charge >= 0.3 is 0 Å². The number of nitrogens with zero attached hydrogens (tertiary/aromatic N) is 1. The molecule has 0 bridgehead atoms. The van der Waals surface area contributed by atoms with E-state index in [0.29, 0.717) is 11.4 Å². The van der Waals surface area contributed by atoms with Crippen LogP contribution in [0.2, 0.25) is 0 Å². The van der Waals surface area contributed by atoms with E-state index in [1.165, 1.54) is 0 Å². The van der Waals surface area contributed by atoms with E-state index in [1.807, 2.05) is 26.0 Å². The number of aryl methyl sites for hydroxylation is 2. The number of hydrogen-bond donors (Lipinski definition) is 1. The molecular formula is C13H14N2O2. The first kappa shape index (κ1) is 11.4. The largest absolute Gasteiger partial charge is 0.496 e. The summed E-state index contributed by atoms with van der Waals surface area (Å²) in [4.78, 5) is 10.6. The van der Waals surface area contributed by atoms with Gasteiger partial charge in [-0.15, -0.1) is 0 Å². The second-order valence-electron chi connectivity index (χ2n) is 3.96. The van der Waals surface area contributed by atoms with Crippen molar-refractivity contribution in [3.63, 3.8) is 0 Å². The molecule has 0 unspecified atom stereocenters. The number of H-pyrrole nitrogens is 1. The normalized spacial score (nSPS) is 10.3. The van der Waals surface area contributed by atoms with Crippen LogP contribution in [-0.2, 0) is 0 Å². The zero-order valence-electron chi connectivity index (χ0n) is 10.1. The summed E-state index contributed by atoms with van der Waals surface area (Å²) in [5.41, 5.74) is 4.39. The van der Waals surface area contributed by atoms with Crippen LogP contribution in [-0.4, -0.2) is 23.6 Å². The summed E-state index contributed by atoms with van der Waals surface area (Å²) in [7, 11) is 1.63. The molecule has 0 radical (unpaired) electrons. The molecule has 1 N–H and O–H groups in total. The van der Waals surface area contributed by atoms with Gasteiger partial charge in [0.05, 0.1) is 18.5 Å². The molecule has 1 aromatic carbocycles. The predicted octanol–water partition coefficient (Wildman–Crippen LogP) is 2.51. The zero-order valence-corrected chi connectivity index (χ0v) is 10.1. The van der Waals surface area contributed by atoms with Gasteiger partial charge in [-0.1, -0.05) is 0 Å². The molecule has 0 fully saturated rings. The maximum atomic E-state index is 10.6. The second-order valence-corrected chi connectivity index (χ2v) is 3.96. The number of carbonyl (C=O) groups excluding carboxylic acids is 1. The van der Waals surface area contributed by atoms with E-state index in [9.17, 15) is 4.79 Å². The fourth-order valence-electron chi connectivity index (χ4n) is 1.69. The topological polar surface area (TPSA) is 55.0 Å². The number of benzene rings is 1. The lowest BCUT2D eigenvalue weighted by atomic mass is 10.0. The van der Waals surface area contributed by atoms with Crippen LogP contribution in [0, 0.1) is 13.8 Å². The van der Waals surface area contributed by atoms with Gasteiger partial charge in [-0.2, -0.15) is 5.10 Å². The summed E-state index contributed by atoms with van der Waals surface area (Å²) in [5.74, 6) is 0.761. The molecule has 0 amide bonds. The van der Waals surface area contributed by atoms with E-state index >= 15 is 0 Å². The van der Waals surface area contributed by atoms with Gasteiger partial charge in [-0.25, -0.2) is 0 Å². The smallest absolute Gasteiger partial charge is 0.167 e. The number of methoxy groups -OCH3 is 1. The Kier molecular flexibility index (Phi) is 2.95. The number of hydrogen-bond acceptors (Lipinski definition) is 3. The van der Waals surface area contributed by atoms with Crippen LogP contribution in [0.25, 0.3) is 11.3 Å².